The first-order valence-electron chi connectivity index (χ1n) is 6.98. The molecule has 0 radical (unpaired) electrons. The molecule has 2 rings (SSSR count). The molecule has 0 aliphatic carbocycles. The Morgan fingerprint density at radius 3 is 2.65 bits per heavy atom. The van der Waals surface area contributed by atoms with E-state index in [-0.39, 0.29) is 18.2 Å². The Bertz CT molecular complexity index is 651. The van der Waals surface area contributed by atoms with E-state index in [1.807, 2.05) is 13.8 Å². The number of anilines is 1. The Labute approximate surface area is 138 Å². The van der Waals surface area contributed by atoms with Gasteiger partial charge in [-0.05, 0) is 38.1 Å². The number of amidine groups is 1. The quantitative estimate of drug-likeness (QED) is 0.636. The Balaban J connectivity index is 1.91. The summed E-state index contributed by atoms with van der Waals surface area (Å²) in [7, 11) is 1.58. The molecule has 23 heavy (non-hydrogen) atoms. The van der Waals surface area contributed by atoms with Crippen LogP contribution in [0.3, 0.4) is 0 Å². The maximum atomic E-state index is 12.0. The van der Waals surface area contributed by atoms with Crippen LogP contribution in [-0.4, -0.2) is 35.1 Å². The molecular weight excluding hydrogens is 316 g/mol. The molecule has 122 valence electrons. The number of carbonyl (C=O) groups is 2. The van der Waals surface area contributed by atoms with E-state index in [0.717, 1.165) is 5.71 Å². The first-order valence-corrected chi connectivity index (χ1v) is 7.86. The second-order valence-corrected chi connectivity index (χ2v) is 6.22. The molecular formula is C15H18N4O3S. The van der Waals surface area contributed by atoms with Crippen molar-refractivity contribution in [2.24, 2.45) is 10.2 Å². The molecule has 1 fully saturated rings. The molecule has 1 aromatic rings. The molecule has 1 heterocycles. The summed E-state index contributed by atoms with van der Waals surface area (Å²) in [6.45, 7) is 3.62. The van der Waals surface area contributed by atoms with Crippen molar-refractivity contribution >= 4 is 40.1 Å². The molecule has 0 spiro atoms. The SMILES string of the molecule is COc1ccc(NC(=O)CC2SC(=NN=C(C)C)NC2=O)cc1. The van der Waals surface area contributed by atoms with Gasteiger partial charge in [-0.2, -0.15) is 5.10 Å². The Hall–Kier alpha value is -2.35. The molecule has 1 atom stereocenters. The van der Waals surface area contributed by atoms with Gasteiger partial charge in [0.05, 0.1) is 7.11 Å². The van der Waals surface area contributed by atoms with Crippen molar-refractivity contribution in [2.45, 2.75) is 25.5 Å². The lowest BCUT2D eigenvalue weighted by atomic mass is 10.2. The van der Waals surface area contributed by atoms with Crippen LogP contribution < -0.4 is 15.4 Å². The van der Waals surface area contributed by atoms with Crippen LogP contribution in [0, 0.1) is 0 Å². The average Bonchev–Trinajstić information content (AvgIpc) is 2.86. The van der Waals surface area contributed by atoms with E-state index < -0.39 is 5.25 Å². The minimum absolute atomic E-state index is 0.0658. The Morgan fingerprint density at radius 2 is 2.04 bits per heavy atom. The number of hydrogen-bond acceptors (Lipinski definition) is 6. The second kappa shape index (κ2) is 7.77. The van der Waals surface area contributed by atoms with Gasteiger partial charge >= 0.3 is 0 Å². The van der Waals surface area contributed by atoms with Crippen LogP contribution in [0.4, 0.5) is 5.69 Å². The van der Waals surface area contributed by atoms with Gasteiger partial charge in [0, 0.05) is 17.8 Å². The molecule has 0 aromatic heterocycles. The van der Waals surface area contributed by atoms with E-state index in [4.69, 9.17) is 4.74 Å². The standard InChI is InChI=1S/C15H18N4O3S/c1-9(2)18-19-15-17-14(21)12(23-15)8-13(20)16-10-4-6-11(22-3)7-5-10/h4-7,12H,8H2,1-3H3,(H,16,20)(H,17,19,21). The third-order valence-corrected chi connectivity index (χ3v) is 3.93. The summed E-state index contributed by atoms with van der Waals surface area (Å²) >= 11 is 1.21. The van der Waals surface area contributed by atoms with Gasteiger partial charge < -0.3 is 15.4 Å². The highest BCUT2D eigenvalue weighted by Crippen LogP contribution is 2.23. The van der Waals surface area contributed by atoms with E-state index in [0.29, 0.717) is 16.6 Å². The number of carbonyl (C=O) groups excluding carboxylic acids is 2. The van der Waals surface area contributed by atoms with Crippen molar-refractivity contribution in [3.8, 4) is 5.75 Å². The van der Waals surface area contributed by atoms with E-state index in [1.165, 1.54) is 11.8 Å². The van der Waals surface area contributed by atoms with Crippen LogP contribution in [0.5, 0.6) is 5.75 Å². The van der Waals surface area contributed by atoms with Crippen LogP contribution in [-0.2, 0) is 9.59 Å². The molecule has 7 nitrogen and oxygen atoms in total. The van der Waals surface area contributed by atoms with Crippen LogP contribution in [0.15, 0.2) is 34.5 Å². The molecule has 8 heteroatoms. The molecule has 1 aromatic carbocycles. The fourth-order valence-corrected chi connectivity index (χ4v) is 2.70. The largest absolute Gasteiger partial charge is 0.497 e. The van der Waals surface area contributed by atoms with Gasteiger partial charge in [0.25, 0.3) is 0 Å². The number of nitrogens with one attached hydrogen (secondary N) is 2. The lowest BCUT2D eigenvalue weighted by Crippen LogP contribution is -2.28. The summed E-state index contributed by atoms with van der Waals surface area (Å²) in [5, 5.41) is 13.1. The number of amides is 2. The van der Waals surface area contributed by atoms with E-state index in [2.05, 4.69) is 20.8 Å². The van der Waals surface area contributed by atoms with Gasteiger partial charge in [-0.3, -0.25) is 9.59 Å². The molecule has 0 bridgehead atoms. The normalized spacial score (nSPS) is 18.5. The third kappa shape index (κ3) is 5.10. The van der Waals surface area contributed by atoms with Crippen molar-refractivity contribution in [1.82, 2.24) is 5.32 Å². The second-order valence-electron chi connectivity index (χ2n) is 5.03. The van der Waals surface area contributed by atoms with Crippen LogP contribution >= 0.6 is 11.8 Å². The van der Waals surface area contributed by atoms with E-state index in [9.17, 15) is 9.59 Å². The first kappa shape index (κ1) is 17.0. The number of benzene rings is 1. The van der Waals surface area contributed by atoms with Gasteiger partial charge in [-0.25, -0.2) is 0 Å². The van der Waals surface area contributed by atoms with Gasteiger partial charge in [0.15, 0.2) is 5.17 Å². The fraction of sp³-hybridized carbons (Fsp3) is 0.333. The van der Waals surface area contributed by atoms with Gasteiger partial charge in [-0.15, -0.1) is 5.10 Å². The summed E-state index contributed by atoms with van der Waals surface area (Å²) in [4.78, 5) is 23.9. The number of ether oxygens (including phenoxy) is 1. The van der Waals surface area contributed by atoms with Crippen LogP contribution in [0.2, 0.25) is 0 Å². The molecule has 0 saturated carbocycles. The molecule has 2 amide bonds. The maximum Gasteiger partial charge on any atom is 0.240 e. The molecule has 1 aliphatic rings. The van der Waals surface area contributed by atoms with Gasteiger partial charge in [0.2, 0.25) is 11.8 Å². The molecule has 2 N–H and O–H groups in total. The summed E-state index contributed by atoms with van der Waals surface area (Å²) < 4.78 is 5.05. The summed E-state index contributed by atoms with van der Waals surface area (Å²) in [5.41, 5.74) is 1.44. The molecule has 1 saturated heterocycles. The van der Waals surface area contributed by atoms with Crippen molar-refractivity contribution in [3.63, 3.8) is 0 Å². The Kier molecular flexibility index (Phi) is 5.75. The zero-order chi connectivity index (χ0) is 16.8. The number of hydrogen-bond donors (Lipinski definition) is 2. The Morgan fingerprint density at radius 1 is 1.35 bits per heavy atom. The highest BCUT2D eigenvalue weighted by Gasteiger charge is 2.32. The maximum absolute atomic E-state index is 12.0. The highest BCUT2D eigenvalue weighted by molar-refractivity contribution is 8.15. The lowest BCUT2D eigenvalue weighted by molar-refractivity contribution is -0.122. The number of rotatable bonds is 5. The summed E-state index contributed by atoms with van der Waals surface area (Å²) in [6.07, 6.45) is 0.0658. The van der Waals surface area contributed by atoms with Gasteiger partial charge in [-0.1, -0.05) is 11.8 Å². The summed E-state index contributed by atoms with van der Waals surface area (Å²) in [6, 6.07) is 6.99. The van der Waals surface area contributed by atoms with E-state index >= 15 is 0 Å². The number of nitrogens with zero attached hydrogens (tertiary/aromatic N) is 2. The predicted molar refractivity (Wildman–Crippen MR) is 92.0 cm³/mol. The van der Waals surface area contributed by atoms with E-state index in [1.54, 1.807) is 31.4 Å². The van der Waals surface area contributed by atoms with Crippen molar-refractivity contribution in [3.05, 3.63) is 24.3 Å². The molecule has 1 unspecified atom stereocenters. The van der Waals surface area contributed by atoms with Crippen molar-refractivity contribution in [2.75, 3.05) is 12.4 Å². The van der Waals surface area contributed by atoms with Crippen LogP contribution in [0.1, 0.15) is 20.3 Å². The first-order chi connectivity index (χ1) is 11.0. The van der Waals surface area contributed by atoms with Crippen molar-refractivity contribution < 1.29 is 14.3 Å². The van der Waals surface area contributed by atoms with Gasteiger partial charge in [0.1, 0.15) is 11.0 Å². The van der Waals surface area contributed by atoms with Crippen molar-refractivity contribution in [1.29, 1.82) is 0 Å². The molecule has 1 aliphatic heterocycles. The minimum Gasteiger partial charge on any atom is -0.497 e. The summed E-state index contributed by atoms with van der Waals surface area (Å²) in [5.74, 6) is 0.239. The monoisotopic (exact) mass is 334 g/mol. The fourth-order valence-electron chi connectivity index (χ4n) is 1.79. The predicted octanol–water partition coefficient (Wildman–Crippen LogP) is 2.01. The number of methoxy groups -OCH3 is 1. The number of thioether (sulfide) groups is 1. The van der Waals surface area contributed by atoms with Crippen LogP contribution in [0.25, 0.3) is 0 Å². The third-order valence-electron chi connectivity index (χ3n) is 2.86. The highest BCUT2D eigenvalue weighted by atomic mass is 32.2. The zero-order valence-corrected chi connectivity index (χ0v) is 13.9. The smallest absolute Gasteiger partial charge is 0.240 e. The lowest BCUT2D eigenvalue weighted by Gasteiger charge is -2.08. The average molecular weight is 334 g/mol. The topological polar surface area (TPSA) is 92.2 Å². The zero-order valence-electron chi connectivity index (χ0n) is 13.1. The minimum atomic E-state index is -0.501.